The highest BCUT2D eigenvalue weighted by molar-refractivity contribution is 6.30. The Hall–Kier alpha value is -2.53. The predicted octanol–water partition coefficient (Wildman–Crippen LogP) is 3.04. The number of carbonyl (C=O) groups is 2. The second-order valence-electron chi connectivity index (χ2n) is 5.42. The van der Waals surface area contributed by atoms with E-state index < -0.39 is 0 Å². The molecular formula is C18H20ClN3O2. The lowest BCUT2D eigenvalue weighted by molar-refractivity contribution is 0.0963. The molecule has 0 heterocycles. The maximum Gasteiger partial charge on any atom is 0.317 e. The summed E-state index contributed by atoms with van der Waals surface area (Å²) in [6, 6.07) is 14.3. The lowest BCUT2D eigenvalue weighted by Crippen LogP contribution is -2.36. The Morgan fingerprint density at radius 1 is 1.00 bits per heavy atom. The molecule has 2 aromatic rings. The van der Waals surface area contributed by atoms with E-state index in [9.17, 15) is 9.59 Å². The number of carbonyl (C=O) groups excluding carboxylic acids is 2. The molecule has 0 radical (unpaired) electrons. The number of rotatable bonds is 5. The summed E-state index contributed by atoms with van der Waals surface area (Å²) in [5.74, 6) is -0.131. The summed E-state index contributed by atoms with van der Waals surface area (Å²) in [6.45, 7) is 0.899. The van der Waals surface area contributed by atoms with Crippen molar-refractivity contribution < 1.29 is 9.59 Å². The third-order valence-electron chi connectivity index (χ3n) is 3.57. The zero-order valence-corrected chi connectivity index (χ0v) is 14.4. The number of amides is 3. The molecule has 0 bridgehead atoms. The van der Waals surface area contributed by atoms with Crippen molar-refractivity contribution in [3.63, 3.8) is 0 Å². The van der Waals surface area contributed by atoms with Crippen LogP contribution in [0.2, 0.25) is 5.02 Å². The van der Waals surface area contributed by atoms with E-state index in [1.165, 1.54) is 0 Å². The van der Waals surface area contributed by atoms with E-state index in [1.54, 1.807) is 43.3 Å². The van der Waals surface area contributed by atoms with Crippen molar-refractivity contribution in [2.24, 2.45) is 0 Å². The summed E-state index contributed by atoms with van der Waals surface area (Å²) < 4.78 is 0. The number of nitrogens with zero attached hydrogens (tertiary/aromatic N) is 1. The maximum absolute atomic E-state index is 12.1. The molecule has 2 N–H and O–H groups in total. The zero-order chi connectivity index (χ0) is 17.5. The summed E-state index contributed by atoms with van der Waals surface area (Å²) in [7, 11) is 3.33. The molecule has 6 heteroatoms. The standard InChI is InChI=1S/C18H20ClN3O2/c1-20-17(23)15-7-3-13(4-8-15)11-21-18(24)22(2)12-14-5-9-16(19)10-6-14/h3-10H,11-12H2,1-2H3,(H,20,23)(H,21,24). The molecular weight excluding hydrogens is 326 g/mol. The maximum atomic E-state index is 12.1. The summed E-state index contributed by atoms with van der Waals surface area (Å²) in [5, 5.41) is 6.09. The normalized spacial score (nSPS) is 10.1. The zero-order valence-electron chi connectivity index (χ0n) is 13.7. The Labute approximate surface area is 146 Å². The van der Waals surface area contributed by atoms with Crippen molar-refractivity contribution in [1.82, 2.24) is 15.5 Å². The first-order chi connectivity index (χ1) is 11.5. The molecule has 0 spiro atoms. The molecule has 0 unspecified atom stereocenters. The number of nitrogens with one attached hydrogen (secondary N) is 2. The minimum Gasteiger partial charge on any atom is -0.355 e. The molecule has 2 rings (SSSR count). The van der Waals surface area contributed by atoms with Gasteiger partial charge in [-0.05, 0) is 35.4 Å². The fourth-order valence-electron chi connectivity index (χ4n) is 2.17. The van der Waals surface area contributed by atoms with E-state index in [-0.39, 0.29) is 11.9 Å². The van der Waals surface area contributed by atoms with Crippen molar-refractivity contribution in [3.05, 3.63) is 70.2 Å². The fraction of sp³-hybridized carbons (Fsp3) is 0.222. The largest absolute Gasteiger partial charge is 0.355 e. The monoisotopic (exact) mass is 345 g/mol. The van der Waals surface area contributed by atoms with E-state index >= 15 is 0 Å². The Morgan fingerprint density at radius 2 is 1.58 bits per heavy atom. The van der Waals surface area contributed by atoms with Crippen LogP contribution < -0.4 is 10.6 Å². The van der Waals surface area contributed by atoms with Crippen molar-refractivity contribution >= 4 is 23.5 Å². The van der Waals surface area contributed by atoms with E-state index in [1.807, 2.05) is 24.3 Å². The Kier molecular flexibility index (Phi) is 6.21. The summed E-state index contributed by atoms with van der Waals surface area (Å²) in [5.41, 5.74) is 2.52. The first kappa shape index (κ1) is 17.8. The highest BCUT2D eigenvalue weighted by Crippen LogP contribution is 2.11. The van der Waals surface area contributed by atoms with E-state index in [0.717, 1.165) is 11.1 Å². The average molecular weight is 346 g/mol. The van der Waals surface area contributed by atoms with Gasteiger partial charge in [0.05, 0.1) is 0 Å². The van der Waals surface area contributed by atoms with Crippen LogP contribution in [-0.4, -0.2) is 30.9 Å². The second kappa shape index (κ2) is 8.36. The molecule has 0 aromatic heterocycles. The quantitative estimate of drug-likeness (QED) is 0.875. The van der Waals surface area contributed by atoms with Crippen LogP contribution in [0.5, 0.6) is 0 Å². The second-order valence-corrected chi connectivity index (χ2v) is 5.85. The van der Waals surface area contributed by atoms with Crippen LogP contribution in [0.4, 0.5) is 4.79 Å². The molecule has 0 saturated heterocycles. The van der Waals surface area contributed by atoms with Crippen LogP contribution in [0, 0.1) is 0 Å². The van der Waals surface area contributed by atoms with Gasteiger partial charge in [0, 0.05) is 37.8 Å². The number of halogens is 1. The van der Waals surface area contributed by atoms with Crippen LogP contribution in [0.3, 0.4) is 0 Å². The highest BCUT2D eigenvalue weighted by atomic mass is 35.5. The Bertz CT molecular complexity index is 699. The average Bonchev–Trinajstić information content (AvgIpc) is 2.61. The number of benzene rings is 2. The van der Waals surface area contributed by atoms with Gasteiger partial charge in [-0.25, -0.2) is 4.79 Å². The molecule has 126 valence electrons. The van der Waals surface area contributed by atoms with Crippen molar-refractivity contribution in [1.29, 1.82) is 0 Å². The third-order valence-corrected chi connectivity index (χ3v) is 3.82. The van der Waals surface area contributed by atoms with Crippen LogP contribution >= 0.6 is 11.6 Å². The van der Waals surface area contributed by atoms with Gasteiger partial charge in [0.1, 0.15) is 0 Å². The highest BCUT2D eigenvalue weighted by Gasteiger charge is 2.09. The van der Waals surface area contributed by atoms with Gasteiger partial charge >= 0.3 is 6.03 Å². The van der Waals surface area contributed by atoms with E-state index in [2.05, 4.69) is 10.6 Å². The molecule has 0 saturated carbocycles. The lowest BCUT2D eigenvalue weighted by Gasteiger charge is -2.18. The third kappa shape index (κ3) is 4.99. The van der Waals surface area contributed by atoms with Crippen LogP contribution in [0.25, 0.3) is 0 Å². The summed E-state index contributed by atoms with van der Waals surface area (Å²) in [6.07, 6.45) is 0. The molecule has 3 amide bonds. The lowest BCUT2D eigenvalue weighted by atomic mass is 10.1. The molecule has 24 heavy (non-hydrogen) atoms. The summed E-state index contributed by atoms with van der Waals surface area (Å²) in [4.78, 5) is 25.2. The molecule has 0 fully saturated rings. The Morgan fingerprint density at radius 3 is 2.17 bits per heavy atom. The van der Waals surface area contributed by atoms with Gasteiger partial charge in [-0.2, -0.15) is 0 Å². The number of urea groups is 1. The summed E-state index contributed by atoms with van der Waals surface area (Å²) >= 11 is 5.85. The molecule has 0 aliphatic heterocycles. The Balaban J connectivity index is 1.85. The van der Waals surface area contributed by atoms with Crippen molar-refractivity contribution in [3.8, 4) is 0 Å². The van der Waals surface area contributed by atoms with Gasteiger partial charge < -0.3 is 15.5 Å². The van der Waals surface area contributed by atoms with Crippen molar-refractivity contribution in [2.75, 3.05) is 14.1 Å². The van der Waals surface area contributed by atoms with Gasteiger partial charge in [-0.3, -0.25) is 4.79 Å². The topological polar surface area (TPSA) is 61.4 Å². The van der Waals surface area contributed by atoms with Gasteiger partial charge in [-0.15, -0.1) is 0 Å². The molecule has 0 aliphatic rings. The smallest absolute Gasteiger partial charge is 0.317 e. The SMILES string of the molecule is CNC(=O)c1ccc(CNC(=O)N(C)Cc2ccc(Cl)cc2)cc1. The van der Waals surface area contributed by atoms with Crippen molar-refractivity contribution in [2.45, 2.75) is 13.1 Å². The first-order valence-electron chi connectivity index (χ1n) is 7.54. The minimum atomic E-state index is -0.166. The predicted molar refractivity (Wildman–Crippen MR) is 95.0 cm³/mol. The number of hydrogen-bond acceptors (Lipinski definition) is 2. The van der Waals surface area contributed by atoms with Crippen LogP contribution in [0.15, 0.2) is 48.5 Å². The van der Waals surface area contributed by atoms with Crippen LogP contribution in [-0.2, 0) is 13.1 Å². The molecule has 0 aliphatic carbocycles. The van der Waals surface area contributed by atoms with Gasteiger partial charge in [0.2, 0.25) is 0 Å². The van der Waals surface area contributed by atoms with Gasteiger partial charge in [0.15, 0.2) is 0 Å². The van der Waals surface area contributed by atoms with Gasteiger partial charge in [-0.1, -0.05) is 35.9 Å². The van der Waals surface area contributed by atoms with E-state index in [4.69, 9.17) is 11.6 Å². The van der Waals surface area contributed by atoms with Crippen LogP contribution in [0.1, 0.15) is 21.5 Å². The van der Waals surface area contributed by atoms with E-state index in [0.29, 0.717) is 23.7 Å². The molecule has 2 aromatic carbocycles. The molecule has 5 nitrogen and oxygen atoms in total. The fourth-order valence-corrected chi connectivity index (χ4v) is 2.29. The molecule has 0 atom stereocenters. The number of hydrogen-bond donors (Lipinski definition) is 2. The first-order valence-corrected chi connectivity index (χ1v) is 7.92. The van der Waals surface area contributed by atoms with Gasteiger partial charge in [0.25, 0.3) is 5.91 Å². The minimum absolute atomic E-state index is 0.131.